The number of carbonyl (C=O) groups excluding carboxylic acids is 2. The Kier molecular flexibility index (Phi) is 6.85. The number of hydrogen-bond donors (Lipinski definition) is 1. The summed E-state index contributed by atoms with van der Waals surface area (Å²) in [6, 6.07) is 13.8. The molecule has 2 aromatic rings. The number of carbonyl (C=O) groups is 2. The first-order valence-corrected chi connectivity index (χ1v) is 8.67. The molecule has 0 unspecified atom stereocenters. The van der Waals surface area contributed by atoms with Gasteiger partial charge in [-0.15, -0.1) is 0 Å². The van der Waals surface area contributed by atoms with Crippen LogP contribution in [0.1, 0.15) is 18.1 Å². The van der Waals surface area contributed by atoms with E-state index in [2.05, 4.69) is 5.32 Å². The fourth-order valence-corrected chi connectivity index (χ4v) is 2.80. The van der Waals surface area contributed by atoms with E-state index < -0.39 is 6.04 Å². The van der Waals surface area contributed by atoms with Crippen molar-refractivity contribution < 1.29 is 9.59 Å². The van der Waals surface area contributed by atoms with Crippen LogP contribution in [0.2, 0.25) is 10.0 Å². The molecule has 0 aliphatic rings. The number of hydrogen-bond acceptors (Lipinski definition) is 2. The van der Waals surface area contributed by atoms with Crippen molar-refractivity contribution in [3.05, 3.63) is 69.7 Å². The second-order valence-corrected chi connectivity index (χ2v) is 6.55. The van der Waals surface area contributed by atoms with Crippen LogP contribution in [-0.4, -0.2) is 29.8 Å². The fraction of sp³-hybridized carbons (Fsp3) is 0.263. The Labute approximate surface area is 157 Å². The van der Waals surface area contributed by atoms with Crippen LogP contribution in [0, 0.1) is 0 Å². The van der Waals surface area contributed by atoms with E-state index in [-0.39, 0.29) is 24.8 Å². The van der Waals surface area contributed by atoms with Crippen molar-refractivity contribution in [3.63, 3.8) is 0 Å². The maximum absolute atomic E-state index is 12.8. The van der Waals surface area contributed by atoms with Gasteiger partial charge in [-0.25, -0.2) is 0 Å². The van der Waals surface area contributed by atoms with E-state index in [9.17, 15) is 9.59 Å². The summed E-state index contributed by atoms with van der Waals surface area (Å²) in [6.07, 6.45) is 0.183. The minimum atomic E-state index is -0.610. The van der Waals surface area contributed by atoms with E-state index in [0.717, 1.165) is 11.1 Å². The van der Waals surface area contributed by atoms with Crippen molar-refractivity contribution in [2.75, 3.05) is 7.05 Å². The molecule has 0 aromatic heterocycles. The molecule has 4 nitrogen and oxygen atoms in total. The summed E-state index contributed by atoms with van der Waals surface area (Å²) in [5, 5.41) is 3.77. The van der Waals surface area contributed by atoms with Gasteiger partial charge in [0.15, 0.2) is 0 Å². The van der Waals surface area contributed by atoms with Gasteiger partial charge >= 0.3 is 0 Å². The van der Waals surface area contributed by atoms with Gasteiger partial charge in [0.1, 0.15) is 6.04 Å². The molecule has 6 heteroatoms. The average Bonchev–Trinajstić information content (AvgIpc) is 2.61. The number of amides is 2. The molecular weight excluding hydrogens is 359 g/mol. The molecule has 0 spiro atoms. The van der Waals surface area contributed by atoms with Gasteiger partial charge in [-0.3, -0.25) is 9.59 Å². The molecule has 2 rings (SSSR count). The van der Waals surface area contributed by atoms with Gasteiger partial charge in [0.25, 0.3) is 0 Å². The summed E-state index contributed by atoms with van der Waals surface area (Å²) in [4.78, 5) is 26.5. The SMILES string of the molecule is CNC(=O)[C@H](C)N(Cc1ccccc1Cl)C(=O)Cc1ccc(Cl)cc1. The topological polar surface area (TPSA) is 49.4 Å². The van der Waals surface area contributed by atoms with Crippen LogP contribution in [0.5, 0.6) is 0 Å². The van der Waals surface area contributed by atoms with Crippen LogP contribution in [0.25, 0.3) is 0 Å². The first-order chi connectivity index (χ1) is 11.9. The summed E-state index contributed by atoms with van der Waals surface area (Å²) in [5.74, 6) is -0.380. The lowest BCUT2D eigenvalue weighted by Crippen LogP contribution is -2.47. The predicted octanol–water partition coefficient (Wildman–Crippen LogP) is 3.70. The molecule has 0 bridgehead atoms. The highest BCUT2D eigenvalue weighted by Crippen LogP contribution is 2.20. The summed E-state index contributed by atoms with van der Waals surface area (Å²) < 4.78 is 0. The van der Waals surface area contributed by atoms with Crippen LogP contribution in [0.3, 0.4) is 0 Å². The quantitative estimate of drug-likeness (QED) is 0.832. The molecule has 2 aromatic carbocycles. The molecule has 2 amide bonds. The second-order valence-electron chi connectivity index (χ2n) is 5.71. The normalized spacial score (nSPS) is 11.7. The van der Waals surface area contributed by atoms with Crippen molar-refractivity contribution in [2.45, 2.75) is 25.9 Å². The first kappa shape index (κ1) is 19.3. The molecule has 1 N–H and O–H groups in total. The molecular formula is C19H20Cl2N2O2. The van der Waals surface area contributed by atoms with E-state index in [1.807, 2.05) is 18.2 Å². The second kappa shape index (κ2) is 8.88. The van der Waals surface area contributed by atoms with Crippen molar-refractivity contribution >= 4 is 35.0 Å². The van der Waals surface area contributed by atoms with Crippen molar-refractivity contribution in [3.8, 4) is 0 Å². The lowest BCUT2D eigenvalue weighted by Gasteiger charge is -2.28. The average molecular weight is 379 g/mol. The van der Waals surface area contributed by atoms with E-state index in [4.69, 9.17) is 23.2 Å². The standard InChI is InChI=1S/C19H20Cl2N2O2/c1-13(19(25)22-2)23(12-15-5-3-4-6-17(15)21)18(24)11-14-7-9-16(20)10-8-14/h3-10,13H,11-12H2,1-2H3,(H,22,25)/t13-/m0/s1. The number of likely N-dealkylation sites (N-methyl/N-ethyl adjacent to an activating group) is 1. The largest absolute Gasteiger partial charge is 0.357 e. The smallest absolute Gasteiger partial charge is 0.242 e. The number of nitrogens with one attached hydrogen (secondary N) is 1. The molecule has 0 heterocycles. The van der Waals surface area contributed by atoms with Gasteiger partial charge in [0, 0.05) is 23.6 Å². The molecule has 132 valence electrons. The zero-order valence-electron chi connectivity index (χ0n) is 14.1. The molecule has 25 heavy (non-hydrogen) atoms. The maximum atomic E-state index is 12.8. The number of rotatable bonds is 6. The van der Waals surface area contributed by atoms with E-state index in [1.54, 1.807) is 44.3 Å². The van der Waals surface area contributed by atoms with Crippen LogP contribution >= 0.6 is 23.2 Å². The lowest BCUT2D eigenvalue weighted by atomic mass is 10.1. The number of nitrogens with zero attached hydrogens (tertiary/aromatic N) is 1. The van der Waals surface area contributed by atoms with Gasteiger partial charge in [0.2, 0.25) is 11.8 Å². The van der Waals surface area contributed by atoms with E-state index >= 15 is 0 Å². The first-order valence-electron chi connectivity index (χ1n) is 7.91. The highest BCUT2D eigenvalue weighted by atomic mass is 35.5. The van der Waals surface area contributed by atoms with Crippen LogP contribution < -0.4 is 5.32 Å². The zero-order chi connectivity index (χ0) is 18.4. The Morgan fingerprint density at radius 1 is 1.08 bits per heavy atom. The third-order valence-electron chi connectivity index (χ3n) is 3.98. The number of halogens is 2. The highest BCUT2D eigenvalue weighted by Gasteiger charge is 2.26. The van der Waals surface area contributed by atoms with E-state index in [0.29, 0.717) is 10.0 Å². The van der Waals surface area contributed by atoms with E-state index in [1.165, 1.54) is 4.90 Å². The highest BCUT2D eigenvalue weighted by molar-refractivity contribution is 6.31. The van der Waals surface area contributed by atoms with Gasteiger partial charge in [-0.2, -0.15) is 0 Å². The Morgan fingerprint density at radius 2 is 1.72 bits per heavy atom. The maximum Gasteiger partial charge on any atom is 0.242 e. The van der Waals surface area contributed by atoms with Crippen molar-refractivity contribution in [2.24, 2.45) is 0 Å². The summed E-state index contributed by atoms with van der Waals surface area (Å²) in [6.45, 7) is 1.97. The van der Waals surface area contributed by atoms with Crippen molar-refractivity contribution in [1.29, 1.82) is 0 Å². The zero-order valence-corrected chi connectivity index (χ0v) is 15.6. The fourth-order valence-electron chi connectivity index (χ4n) is 2.48. The molecule has 0 fully saturated rings. The molecule has 0 saturated carbocycles. The minimum absolute atomic E-state index is 0.154. The third-order valence-corrected chi connectivity index (χ3v) is 4.60. The van der Waals surface area contributed by atoms with Crippen LogP contribution in [-0.2, 0) is 22.6 Å². The summed E-state index contributed by atoms with van der Waals surface area (Å²) >= 11 is 12.1. The van der Waals surface area contributed by atoms with Gasteiger partial charge in [0.05, 0.1) is 6.42 Å². The Balaban J connectivity index is 2.23. The third kappa shape index (κ3) is 5.21. The lowest BCUT2D eigenvalue weighted by molar-refractivity contribution is -0.139. The number of benzene rings is 2. The summed E-state index contributed by atoms with van der Waals surface area (Å²) in [7, 11) is 1.55. The summed E-state index contributed by atoms with van der Waals surface area (Å²) in [5.41, 5.74) is 1.63. The van der Waals surface area contributed by atoms with Crippen molar-refractivity contribution in [1.82, 2.24) is 10.2 Å². The van der Waals surface area contributed by atoms with Crippen LogP contribution in [0.4, 0.5) is 0 Å². The van der Waals surface area contributed by atoms with Gasteiger partial charge in [-0.1, -0.05) is 53.5 Å². The monoisotopic (exact) mass is 378 g/mol. The molecule has 0 radical (unpaired) electrons. The Hall–Kier alpha value is -2.04. The van der Waals surface area contributed by atoms with Gasteiger partial charge in [-0.05, 0) is 36.2 Å². The Morgan fingerprint density at radius 3 is 2.32 bits per heavy atom. The molecule has 0 aliphatic carbocycles. The predicted molar refractivity (Wildman–Crippen MR) is 101 cm³/mol. The van der Waals surface area contributed by atoms with Crippen LogP contribution in [0.15, 0.2) is 48.5 Å². The molecule has 0 aliphatic heterocycles. The molecule has 0 saturated heterocycles. The van der Waals surface area contributed by atoms with Gasteiger partial charge < -0.3 is 10.2 Å². The molecule has 1 atom stereocenters. The Bertz CT molecular complexity index is 747. The minimum Gasteiger partial charge on any atom is -0.357 e.